The SMILES string of the molecule is CCCC(C)(CNC1CC1)Cc1ccc(O)cc1. The first-order chi connectivity index (χ1) is 8.61. The van der Waals surface area contributed by atoms with Crippen LogP contribution in [0.1, 0.15) is 45.1 Å². The monoisotopic (exact) mass is 247 g/mol. The van der Waals surface area contributed by atoms with Crippen LogP contribution in [-0.4, -0.2) is 17.7 Å². The van der Waals surface area contributed by atoms with Crippen LogP contribution in [-0.2, 0) is 6.42 Å². The maximum Gasteiger partial charge on any atom is 0.115 e. The lowest BCUT2D eigenvalue weighted by molar-refractivity contribution is 0.274. The van der Waals surface area contributed by atoms with Gasteiger partial charge in [0.05, 0.1) is 0 Å². The van der Waals surface area contributed by atoms with Crippen LogP contribution in [0.3, 0.4) is 0 Å². The first-order valence-corrected chi connectivity index (χ1v) is 7.13. The highest BCUT2D eigenvalue weighted by Crippen LogP contribution is 2.30. The molecule has 1 aromatic rings. The molecule has 1 atom stereocenters. The Morgan fingerprint density at radius 1 is 1.28 bits per heavy atom. The molecule has 0 bridgehead atoms. The van der Waals surface area contributed by atoms with Crippen molar-refractivity contribution >= 4 is 0 Å². The predicted molar refractivity (Wildman–Crippen MR) is 75.9 cm³/mol. The average Bonchev–Trinajstić information content (AvgIpc) is 3.14. The van der Waals surface area contributed by atoms with Crippen LogP contribution in [0.15, 0.2) is 24.3 Å². The molecule has 2 heteroatoms. The second-order valence-electron chi connectivity index (χ2n) is 6.06. The summed E-state index contributed by atoms with van der Waals surface area (Å²) in [6.45, 7) is 5.73. The first-order valence-electron chi connectivity index (χ1n) is 7.13. The Morgan fingerprint density at radius 3 is 2.50 bits per heavy atom. The normalized spacial score (nSPS) is 18.6. The summed E-state index contributed by atoms with van der Waals surface area (Å²) in [6, 6.07) is 8.44. The van der Waals surface area contributed by atoms with Crippen molar-refractivity contribution in [2.45, 2.75) is 52.0 Å². The molecular formula is C16H25NO. The van der Waals surface area contributed by atoms with Gasteiger partial charge in [-0.3, -0.25) is 0 Å². The molecule has 0 heterocycles. The zero-order valence-electron chi connectivity index (χ0n) is 11.6. The van der Waals surface area contributed by atoms with E-state index in [9.17, 15) is 5.11 Å². The summed E-state index contributed by atoms with van der Waals surface area (Å²) >= 11 is 0. The third-order valence-electron chi connectivity index (χ3n) is 3.82. The van der Waals surface area contributed by atoms with Gasteiger partial charge in [0, 0.05) is 12.6 Å². The van der Waals surface area contributed by atoms with Crippen molar-refractivity contribution in [3.05, 3.63) is 29.8 Å². The summed E-state index contributed by atoms with van der Waals surface area (Å²) in [5, 5.41) is 13.0. The highest BCUT2D eigenvalue weighted by molar-refractivity contribution is 5.26. The van der Waals surface area contributed by atoms with Gasteiger partial charge in [-0.05, 0) is 48.8 Å². The topological polar surface area (TPSA) is 32.3 Å². The fraction of sp³-hybridized carbons (Fsp3) is 0.625. The summed E-state index contributed by atoms with van der Waals surface area (Å²) in [7, 11) is 0. The average molecular weight is 247 g/mol. The largest absolute Gasteiger partial charge is 0.508 e. The molecule has 0 aromatic heterocycles. The van der Waals surface area contributed by atoms with Gasteiger partial charge in [0.15, 0.2) is 0 Å². The molecule has 0 radical (unpaired) electrons. The van der Waals surface area contributed by atoms with Gasteiger partial charge in [-0.1, -0.05) is 32.4 Å². The number of hydrogen-bond acceptors (Lipinski definition) is 2. The highest BCUT2D eigenvalue weighted by Gasteiger charge is 2.28. The number of rotatable bonds is 7. The van der Waals surface area contributed by atoms with E-state index in [2.05, 4.69) is 19.2 Å². The Labute approximate surface area is 110 Å². The van der Waals surface area contributed by atoms with Crippen molar-refractivity contribution in [1.82, 2.24) is 5.32 Å². The molecule has 2 rings (SSSR count). The molecule has 0 spiro atoms. The summed E-state index contributed by atoms with van der Waals surface area (Å²) < 4.78 is 0. The zero-order chi connectivity index (χ0) is 13.0. The Balaban J connectivity index is 1.96. The number of hydrogen-bond donors (Lipinski definition) is 2. The van der Waals surface area contributed by atoms with Crippen molar-refractivity contribution in [3.8, 4) is 5.75 Å². The van der Waals surface area contributed by atoms with Crippen molar-refractivity contribution in [1.29, 1.82) is 0 Å². The molecule has 1 saturated carbocycles. The molecule has 1 unspecified atom stereocenters. The van der Waals surface area contributed by atoms with Crippen molar-refractivity contribution < 1.29 is 5.11 Å². The molecule has 0 amide bonds. The number of phenolic OH excluding ortho intramolecular Hbond substituents is 1. The van der Waals surface area contributed by atoms with Crippen LogP contribution < -0.4 is 5.32 Å². The minimum atomic E-state index is 0.328. The van der Waals surface area contributed by atoms with Gasteiger partial charge in [0.1, 0.15) is 5.75 Å². The second kappa shape index (κ2) is 5.75. The molecule has 2 N–H and O–H groups in total. The van der Waals surface area contributed by atoms with E-state index < -0.39 is 0 Å². The Morgan fingerprint density at radius 2 is 1.94 bits per heavy atom. The number of benzene rings is 1. The van der Waals surface area contributed by atoms with Crippen molar-refractivity contribution in [2.75, 3.05) is 6.54 Å². The summed E-state index contributed by atoms with van der Waals surface area (Å²) in [4.78, 5) is 0. The summed E-state index contributed by atoms with van der Waals surface area (Å²) in [6.07, 6.45) is 6.25. The second-order valence-corrected chi connectivity index (χ2v) is 6.06. The maximum absolute atomic E-state index is 9.33. The Hall–Kier alpha value is -1.02. The third-order valence-corrected chi connectivity index (χ3v) is 3.82. The zero-order valence-corrected chi connectivity index (χ0v) is 11.6. The van der Waals surface area contributed by atoms with Gasteiger partial charge in [-0.25, -0.2) is 0 Å². The lowest BCUT2D eigenvalue weighted by atomic mass is 9.79. The van der Waals surface area contributed by atoms with E-state index in [1.54, 1.807) is 12.1 Å². The molecule has 18 heavy (non-hydrogen) atoms. The van der Waals surface area contributed by atoms with E-state index >= 15 is 0 Å². The summed E-state index contributed by atoms with van der Waals surface area (Å²) in [5.41, 5.74) is 1.65. The quantitative estimate of drug-likeness (QED) is 0.773. The number of nitrogens with one attached hydrogen (secondary N) is 1. The molecule has 2 nitrogen and oxygen atoms in total. The minimum absolute atomic E-state index is 0.328. The lowest BCUT2D eigenvalue weighted by Crippen LogP contribution is -2.34. The molecule has 0 saturated heterocycles. The fourth-order valence-electron chi connectivity index (χ4n) is 2.63. The van der Waals surface area contributed by atoms with Crippen LogP contribution in [0.2, 0.25) is 0 Å². The Kier molecular flexibility index (Phi) is 4.28. The van der Waals surface area contributed by atoms with Crippen LogP contribution in [0.25, 0.3) is 0 Å². The van der Waals surface area contributed by atoms with Crippen LogP contribution in [0.4, 0.5) is 0 Å². The molecule has 1 aromatic carbocycles. The predicted octanol–water partition coefficient (Wildman–Crippen LogP) is 3.49. The Bertz CT molecular complexity index is 369. The van der Waals surface area contributed by atoms with E-state index in [4.69, 9.17) is 0 Å². The fourth-order valence-corrected chi connectivity index (χ4v) is 2.63. The minimum Gasteiger partial charge on any atom is -0.508 e. The molecule has 1 aliphatic rings. The highest BCUT2D eigenvalue weighted by atomic mass is 16.3. The molecule has 100 valence electrons. The van der Waals surface area contributed by atoms with Crippen LogP contribution in [0.5, 0.6) is 5.75 Å². The lowest BCUT2D eigenvalue weighted by Gasteiger charge is -2.30. The van der Waals surface area contributed by atoms with Gasteiger partial charge in [-0.2, -0.15) is 0 Å². The van der Waals surface area contributed by atoms with E-state index in [0.717, 1.165) is 19.0 Å². The van der Waals surface area contributed by atoms with E-state index in [-0.39, 0.29) is 0 Å². The van der Waals surface area contributed by atoms with Crippen molar-refractivity contribution in [2.24, 2.45) is 5.41 Å². The van der Waals surface area contributed by atoms with Gasteiger partial charge in [-0.15, -0.1) is 0 Å². The molecule has 0 aliphatic heterocycles. The van der Waals surface area contributed by atoms with Gasteiger partial charge in [0.2, 0.25) is 0 Å². The number of aromatic hydroxyl groups is 1. The molecule has 1 aliphatic carbocycles. The van der Waals surface area contributed by atoms with Gasteiger partial charge in [0.25, 0.3) is 0 Å². The molecule has 1 fully saturated rings. The maximum atomic E-state index is 9.33. The van der Waals surface area contributed by atoms with E-state index in [0.29, 0.717) is 11.2 Å². The third kappa shape index (κ3) is 4.02. The van der Waals surface area contributed by atoms with E-state index in [1.165, 1.54) is 31.2 Å². The van der Waals surface area contributed by atoms with Gasteiger partial charge >= 0.3 is 0 Å². The molecular weight excluding hydrogens is 222 g/mol. The standard InChI is InChI=1S/C16H25NO/c1-3-10-16(2,12-17-14-6-7-14)11-13-4-8-15(18)9-5-13/h4-5,8-9,14,17-18H,3,6-7,10-12H2,1-2H3. The van der Waals surface area contributed by atoms with Gasteiger partial charge < -0.3 is 10.4 Å². The van der Waals surface area contributed by atoms with Crippen LogP contribution in [0, 0.1) is 5.41 Å². The van der Waals surface area contributed by atoms with Crippen molar-refractivity contribution in [3.63, 3.8) is 0 Å². The van der Waals surface area contributed by atoms with Crippen LogP contribution >= 0.6 is 0 Å². The van der Waals surface area contributed by atoms with E-state index in [1.807, 2.05) is 12.1 Å². The smallest absolute Gasteiger partial charge is 0.115 e. The summed E-state index contributed by atoms with van der Waals surface area (Å²) in [5.74, 6) is 0.354. The first kappa shape index (κ1) is 13.4. The number of phenols is 1.